The molecule has 0 unspecified atom stereocenters. The molecule has 1 amide bonds. The van der Waals surface area contributed by atoms with Crippen LogP contribution >= 0.6 is 23.1 Å². The Morgan fingerprint density at radius 2 is 2.12 bits per heavy atom. The molecule has 0 saturated carbocycles. The summed E-state index contributed by atoms with van der Waals surface area (Å²) in [7, 11) is 0. The highest BCUT2D eigenvalue weighted by molar-refractivity contribution is 8.01. The van der Waals surface area contributed by atoms with Gasteiger partial charge in [0.1, 0.15) is 5.58 Å². The van der Waals surface area contributed by atoms with Crippen molar-refractivity contribution in [2.24, 2.45) is 0 Å². The Morgan fingerprint density at radius 1 is 1.31 bits per heavy atom. The molecule has 0 radical (unpaired) electrons. The van der Waals surface area contributed by atoms with Gasteiger partial charge in [0, 0.05) is 10.9 Å². The lowest BCUT2D eigenvalue weighted by atomic mass is 10.1. The number of benzene rings is 1. The quantitative estimate of drug-likeness (QED) is 0.388. The van der Waals surface area contributed by atoms with Gasteiger partial charge in [-0.25, -0.2) is 0 Å². The summed E-state index contributed by atoms with van der Waals surface area (Å²) >= 11 is 2.41. The Morgan fingerprint density at radius 3 is 2.85 bits per heavy atom. The predicted octanol–water partition coefficient (Wildman–Crippen LogP) is 3.81. The average molecular weight is 391 g/mol. The lowest BCUT2D eigenvalue weighted by Crippen LogP contribution is -2.11. The Labute approximate surface area is 158 Å². The van der Waals surface area contributed by atoms with E-state index in [1.165, 1.54) is 23.1 Å². The third kappa shape index (κ3) is 3.88. The molecule has 0 fully saturated rings. The van der Waals surface area contributed by atoms with Crippen molar-refractivity contribution >= 4 is 51.1 Å². The molecule has 26 heavy (non-hydrogen) atoms. The fourth-order valence-electron chi connectivity index (χ4n) is 2.40. The summed E-state index contributed by atoms with van der Waals surface area (Å²) in [6.45, 7) is 5.88. The lowest BCUT2D eigenvalue weighted by Gasteiger charge is -1.99. The number of amides is 1. The molecule has 136 valence electrons. The summed E-state index contributed by atoms with van der Waals surface area (Å²) in [5, 5.41) is 11.8. The number of furan rings is 1. The number of rotatable bonds is 6. The number of fused-ring (bicyclic) bond motifs is 1. The maximum atomic E-state index is 12.5. The summed E-state index contributed by atoms with van der Waals surface area (Å²) in [4.78, 5) is 23.9. The number of para-hydroxylation sites is 1. The number of aromatic nitrogens is 2. The first-order valence-electron chi connectivity index (χ1n) is 7.91. The molecule has 0 aliphatic rings. The van der Waals surface area contributed by atoms with Crippen LogP contribution in [0.2, 0.25) is 0 Å². The average Bonchev–Trinajstić information content (AvgIpc) is 3.19. The van der Waals surface area contributed by atoms with Crippen LogP contribution in [-0.2, 0) is 9.53 Å². The second-order valence-corrected chi connectivity index (χ2v) is 7.63. The van der Waals surface area contributed by atoms with Crippen molar-refractivity contribution in [1.29, 1.82) is 0 Å². The third-order valence-electron chi connectivity index (χ3n) is 3.61. The van der Waals surface area contributed by atoms with E-state index >= 15 is 0 Å². The van der Waals surface area contributed by atoms with E-state index in [1.54, 1.807) is 6.92 Å². The highest BCUT2D eigenvalue weighted by Gasteiger charge is 2.20. The van der Waals surface area contributed by atoms with Gasteiger partial charge < -0.3 is 9.15 Å². The normalized spacial score (nSPS) is 10.9. The number of ether oxygens (including phenoxy) is 1. The SMILES string of the molecule is CCOC(=O)CSc1nnc(NC(=O)c2oc3c(C)cccc3c2C)s1. The number of hydrogen-bond acceptors (Lipinski definition) is 8. The van der Waals surface area contributed by atoms with Crippen LogP contribution in [0.15, 0.2) is 27.0 Å². The molecule has 3 aromatic rings. The number of anilines is 1. The first-order valence-corrected chi connectivity index (χ1v) is 9.71. The van der Waals surface area contributed by atoms with Crippen molar-refractivity contribution < 1.29 is 18.7 Å². The molecular formula is C17H17N3O4S2. The van der Waals surface area contributed by atoms with E-state index in [9.17, 15) is 9.59 Å². The largest absolute Gasteiger partial charge is 0.465 e. The Balaban J connectivity index is 1.70. The van der Waals surface area contributed by atoms with Gasteiger partial charge in [-0.15, -0.1) is 10.2 Å². The number of aryl methyl sites for hydroxylation is 2. The van der Waals surface area contributed by atoms with E-state index in [0.29, 0.717) is 21.7 Å². The number of carbonyl (C=O) groups is 2. The number of nitrogens with one attached hydrogen (secondary N) is 1. The summed E-state index contributed by atoms with van der Waals surface area (Å²) in [5.41, 5.74) is 2.46. The summed E-state index contributed by atoms with van der Waals surface area (Å²) in [6, 6.07) is 5.79. The summed E-state index contributed by atoms with van der Waals surface area (Å²) in [5.74, 6) is -0.286. The molecule has 3 rings (SSSR count). The molecule has 1 N–H and O–H groups in total. The van der Waals surface area contributed by atoms with Crippen molar-refractivity contribution in [3.63, 3.8) is 0 Å². The van der Waals surface area contributed by atoms with Gasteiger partial charge in [-0.1, -0.05) is 41.3 Å². The van der Waals surface area contributed by atoms with Crippen molar-refractivity contribution in [2.75, 3.05) is 17.7 Å². The van der Waals surface area contributed by atoms with Crippen molar-refractivity contribution in [3.8, 4) is 0 Å². The molecular weight excluding hydrogens is 374 g/mol. The molecule has 2 heterocycles. The number of nitrogens with zero attached hydrogens (tertiary/aromatic N) is 2. The first kappa shape index (κ1) is 18.4. The first-order chi connectivity index (χ1) is 12.5. The van der Waals surface area contributed by atoms with Crippen LogP contribution in [0.4, 0.5) is 5.13 Å². The van der Waals surface area contributed by atoms with Gasteiger partial charge in [-0.05, 0) is 26.3 Å². The Bertz CT molecular complexity index is 964. The molecule has 0 aliphatic carbocycles. The maximum Gasteiger partial charge on any atom is 0.316 e. The zero-order chi connectivity index (χ0) is 18.7. The van der Waals surface area contributed by atoms with E-state index in [0.717, 1.165) is 16.5 Å². The molecule has 0 spiro atoms. The minimum absolute atomic E-state index is 0.151. The van der Waals surface area contributed by atoms with Crippen LogP contribution in [0, 0.1) is 13.8 Å². The molecule has 0 saturated heterocycles. The Kier molecular flexibility index (Phi) is 5.58. The van der Waals surface area contributed by atoms with E-state index in [2.05, 4.69) is 15.5 Å². The smallest absolute Gasteiger partial charge is 0.316 e. The van der Waals surface area contributed by atoms with Crippen LogP contribution in [-0.4, -0.2) is 34.4 Å². The molecule has 0 atom stereocenters. The minimum atomic E-state index is -0.379. The zero-order valence-corrected chi connectivity index (χ0v) is 16.1. The van der Waals surface area contributed by atoms with E-state index in [-0.39, 0.29) is 23.4 Å². The zero-order valence-electron chi connectivity index (χ0n) is 14.5. The number of carbonyl (C=O) groups excluding carboxylic acids is 2. The summed E-state index contributed by atoms with van der Waals surface area (Å²) in [6.07, 6.45) is 0. The number of esters is 1. The van der Waals surface area contributed by atoms with Crippen molar-refractivity contribution in [3.05, 3.63) is 35.1 Å². The van der Waals surface area contributed by atoms with Gasteiger partial charge in [-0.2, -0.15) is 0 Å². The Hall–Kier alpha value is -2.39. The minimum Gasteiger partial charge on any atom is -0.465 e. The summed E-state index contributed by atoms with van der Waals surface area (Å²) < 4.78 is 11.2. The molecule has 2 aromatic heterocycles. The standard InChI is InChI=1S/C17H17N3O4S2/c1-4-23-12(21)8-25-17-20-19-16(26-17)18-15(22)14-10(3)11-7-5-6-9(2)13(11)24-14/h5-7H,4,8H2,1-3H3,(H,18,19,22). The maximum absolute atomic E-state index is 12.5. The third-order valence-corrected chi connectivity index (χ3v) is 5.56. The van der Waals surface area contributed by atoms with Gasteiger partial charge in [0.2, 0.25) is 5.13 Å². The van der Waals surface area contributed by atoms with E-state index in [4.69, 9.17) is 9.15 Å². The van der Waals surface area contributed by atoms with Gasteiger partial charge in [0.25, 0.3) is 5.91 Å². The molecule has 0 aliphatic heterocycles. The van der Waals surface area contributed by atoms with Gasteiger partial charge in [0.05, 0.1) is 12.4 Å². The molecule has 1 aromatic carbocycles. The van der Waals surface area contributed by atoms with Crippen LogP contribution < -0.4 is 5.32 Å². The highest BCUT2D eigenvalue weighted by Crippen LogP contribution is 2.29. The van der Waals surface area contributed by atoms with E-state index in [1.807, 2.05) is 32.0 Å². The van der Waals surface area contributed by atoms with E-state index < -0.39 is 0 Å². The van der Waals surface area contributed by atoms with Gasteiger partial charge in [-0.3, -0.25) is 14.9 Å². The monoisotopic (exact) mass is 391 g/mol. The van der Waals surface area contributed by atoms with Crippen molar-refractivity contribution in [2.45, 2.75) is 25.1 Å². The number of thioether (sulfide) groups is 1. The predicted molar refractivity (Wildman–Crippen MR) is 101 cm³/mol. The molecule has 9 heteroatoms. The van der Waals surface area contributed by atoms with Crippen molar-refractivity contribution in [1.82, 2.24) is 10.2 Å². The molecule has 7 nitrogen and oxygen atoms in total. The van der Waals surface area contributed by atoms with Crippen LogP contribution in [0.1, 0.15) is 28.6 Å². The second-order valence-electron chi connectivity index (χ2n) is 5.43. The van der Waals surface area contributed by atoms with Crippen LogP contribution in [0.5, 0.6) is 0 Å². The van der Waals surface area contributed by atoms with Gasteiger partial charge >= 0.3 is 5.97 Å². The molecule has 0 bridgehead atoms. The highest BCUT2D eigenvalue weighted by atomic mass is 32.2. The lowest BCUT2D eigenvalue weighted by molar-refractivity contribution is -0.139. The fraction of sp³-hybridized carbons (Fsp3) is 0.294. The van der Waals surface area contributed by atoms with Gasteiger partial charge in [0.15, 0.2) is 10.1 Å². The number of hydrogen-bond donors (Lipinski definition) is 1. The van der Waals surface area contributed by atoms with Crippen LogP contribution in [0.3, 0.4) is 0 Å². The fourth-order valence-corrected chi connectivity index (χ4v) is 3.94. The topological polar surface area (TPSA) is 94.3 Å². The van der Waals surface area contributed by atoms with Crippen LogP contribution in [0.25, 0.3) is 11.0 Å². The second kappa shape index (κ2) is 7.88.